The van der Waals surface area contributed by atoms with Crippen molar-refractivity contribution < 1.29 is 19.3 Å². The zero-order chi connectivity index (χ0) is 27.7. The third-order valence-corrected chi connectivity index (χ3v) is 6.88. The van der Waals surface area contributed by atoms with E-state index in [0.29, 0.717) is 29.9 Å². The van der Waals surface area contributed by atoms with Gasteiger partial charge in [-0.2, -0.15) is 5.21 Å². The van der Waals surface area contributed by atoms with Gasteiger partial charge in [0.2, 0.25) is 5.82 Å². The number of aromatic amines is 1. The lowest BCUT2D eigenvalue weighted by Gasteiger charge is -2.47. The summed E-state index contributed by atoms with van der Waals surface area (Å²) in [6.07, 6.45) is 6.26. The number of quaternary nitrogens is 1. The topological polar surface area (TPSA) is 145 Å². The number of carboxylic acids is 1. The number of hydroxylamine groups is 3. The molecule has 204 valence electrons. The van der Waals surface area contributed by atoms with E-state index in [1.54, 1.807) is 32.2 Å². The molecule has 10 nitrogen and oxygen atoms in total. The Morgan fingerprint density at radius 3 is 2.32 bits per heavy atom. The molecule has 3 aromatic rings. The minimum atomic E-state index is -1.43. The number of benzene rings is 1. The first-order valence-electron chi connectivity index (χ1n) is 13.4. The molecule has 1 amide bonds. The van der Waals surface area contributed by atoms with Crippen LogP contribution in [-0.2, 0) is 16.1 Å². The van der Waals surface area contributed by atoms with E-state index in [2.05, 4.69) is 32.5 Å². The van der Waals surface area contributed by atoms with Gasteiger partial charge in [0.15, 0.2) is 6.04 Å². The number of hydrogen-bond acceptors (Lipinski definition) is 7. The van der Waals surface area contributed by atoms with Crippen molar-refractivity contribution >= 4 is 11.9 Å². The second-order valence-electron chi connectivity index (χ2n) is 10.1. The highest BCUT2D eigenvalue weighted by Gasteiger charge is 2.46. The second kappa shape index (κ2) is 13.3. The van der Waals surface area contributed by atoms with E-state index in [0.717, 1.165) is 36.8 Å². The Hall–Kier alpha value is -3.50. The average Bonchev–Trinajstić information content (AvgIpc) is 3.43. The normalized spacial score (nSPS) is 14.7. The van der Waals surface area contributed by atoms with E-state index < -0.39 is 34.4 Å². The molecular weight excluding hydrogens is 484 g/mol. The molecule has 2 N–H and O–H groups in total. The summed E-state index contributed by atoms with van der Waals surface area (Å²) in [5, 5.41) is 38.7. The lowest BCUT2D eigenvalue weighted by atomic mass is 9.92. The van der Waals surface area contributed by atoms with Crippen LogP contribution in [0.3, 0.4) is 0 Å². The van der Waals surface area contributed by atoms with E-state index in [1.165, 1.54) is 0 Å². The number of aromatic nitrogens is 5. The van der Waals surface area contributed by atoms with Gasteiger partial charge >= 0.3 is 11.9 Å². The van der Waals surface area contributed by atoms with Crippen LogP contribution in [0.4, 0.5) is 0 Å². The quantitative estimate of drug-likeness (QED) is 0.163. The van der Waals surface area contributed by atoms with E-state index in [-0.39, 0.29) is 6.54 Å². The molecule has 0 aliphatic heterocycles. The number of nitrogens with one attached hydrogen (secondary N) is 1. The second-order valence-corrected chi connectivity index (χ2v) is 10.1. The maximum absolute atomic E-state index is 14.4. The van der Waals surface area contributed by atoms with Crippen molar-refractivity contribution in [2.45, 2.75) is 78.8 Å². The number of tetrazole rings is 1. The molecule has 2 aromatic heterocycles. The minimum Gasteiger partial charge on any atom is -0.624 e. The lowest BCUT2D eigenvalue weighted by Crippen LogP contribution is -2.61. The van der Waals surface area contributed by atoms with Crippen molar-refractivity contribution in [3.63, 3.8) is 0 Å². The van der Waals surface area contributed by atoms with Gasteiger partial charge in [-0.25, -0.2) is 9.59 Å². The predicted octanol–water partition coefficient (Wildman–Crippen LogP) is 5.38. The molecule has 0 saturated carbocycles. The van der Waals surface area contributed by atoms with Crippen LogP contribution in [0.25, 0.3) is 22.6 Å². The van der Waals surface area contributed by atoms with Gasteiger partial charge in [0.05, 0.1) is 11.6 Å². The van der Waals surface area contributed by atoms with Gasteiger partial charge in [0, 0.05) is 28.8 Å². The van der Waals surface area contributed by atoms with Crippen molar-refractivity contribution in [3.8, 4) is 22.6 Å². The van der Waals surface area contributed by atoms with E-state index in [4.69, 9.17) is 0 Å². The maximum atomic E-state index is 14.4. The third kappa shape index (κ3) is 6.68. The third-order valence-electron chi connectivity index (χ3n) is 6.88. The first kappa shape index (κ1) is 29.1. The first-order chi connectivity index (χ1) is 18.2. The van der Waals surface area contributed by atoms with Crippen LogP contribution in [0.15, 0.2) is 42.6 Å². The Morgan fingerprint density at radius 2 is 1.76 bits per heavy atom. The van der Waals surface area contributed by atoms with Gasteiger partial charge < -0.3 is 10.3 Å². The molecule has 2 heterocycles. The van der Waals surface area contributed by atoms with E-state index in [1.807, 2.05) is 31.2 Å². The summed E-state index contributed by atoms with van der Waals surface area (Å²) in [7, 11) is 0. The summed E-state index contributed by atoms with van der Waals surface area (Å²) in [5.41, 5.74) is 2.66. The van der Waals surface area contributed by atoms with Crippen LogP contribution in [0.1, 0.15) is 71.8 Å². The highest BCUT2D eigenvalue weighted by atomic mass is 16.6. The Labute approximate surface area is 223 Å². The molecule has 0 spiro atoms. The van der Waals surface area contributed by atoms with Crippen LogP contribution < -0.4 is 0 Å². The van der Waals surface area contributed by atoms with Gasteiger partial charge in [0.1, 0.15) is 6.54 Å². The number of H-pyrrole nitrogens is 1. The van der Waals surface area contributed by atoms with E-state index in [9.17, 15) is 19.9 Å². The Balaban J connectivity index is 1.96. The maximum Gasteiger partial charge on any atom is 0.363 e. The van der Waals surface area contributed by atoms with Crippen molar-refractivity contribution in [1.29, 1.82) is 0 Å². The molecule has 0 radical (unpaired) electrons. The molecule has 2 unspecified atom stereocenters. The molecule has 3 atom stereocenters. The standard InChI is InChI=1S/C28H38N6O4/c1-5-7-8-12-21(11-6-2)27(35)34(38,25(19(3)4)28(36)37)18-20-15-16-24(29-17-20)22-13-9-10-14-23(22)26-30-32-33-31-26/h9-10,13-17,19,21,25H,5-8,11-12,18H2,1-4H3,(H,36,37)(H,30,31,32,33)/t21?,25?,34-/m0/s1. The van der Waals surface area contributed by atoms with Crippen molar-refractivity contribution in [3.05, 3.63) is 53.4 Å². The van der Waals surface area contributed by atoms with Gasteiger partial charge in [0.25, 0.3) is 0 Å². The molecule has 10 heteroatoms. The summed E-state index contributed by atoms with van der Waals surface area (Å²) in [4.78, 5) is 30.7. The van der Waals surface area contributed by atoms with Gasteiger partial charge in [-0.15, -0.1) is 10.2 Å². The number of pyridine rings is 1. The summed E-state index contributed by atoms with van der Waals surface area (Å²) < 4.78 is -1.43. The predicted molar refractivity (Wildman–Crippen MR) is 144 cm³/mol. The molecule has 3 rings (SSSR count). The van der Waals surface area contributed by atoms with Crippen molar-refractivity contribution in [2.75, 3.05) is 0 Å². The molecule has 0 saturated heterocycles. The summed E-state index contributed by atoms with van der Waals surface area (Å²) in [6.45, 7) is 7.13. The number of carbonyl (C=O) groups is 2. The zero-order valence-corrected chi connectivity index (χ0v) is 22.6. The summed E-state index contributed by atoms with van der Waals surface area (Å²) >= 11 is 0. The fourth-order valence-electron chi connectivity index (χ4n) is 5.07. The average molecular weight is 523 g/mol. The fraction of sp³-hybridized carbons (Fsp3) is 0.500. The molecule has 0 aliphatic carbocycles. The monoisotopic (exact) mass is 522 g/mol. The number of carboxylic acid groups (broad SMARTS) is 1. The Morgan fingerprint density at radius 1 is 1.03 bits per heavy atom. The smallest absolute Gasteiger partial charge is 0.363 e. The number of rotatable bonds is 14. The number of hydrogen-bond donors (Lipinski definition) is 2. The van der Waals surface area contributed by atoms with Crippen molar-refractivity contribution in [1.82, 2.24) is 25.6 Å². The number of aliphatic carboxylic acids is 1. The molecule has 38 heavy (non-hydrogen) atoms. The number of amides is 1. The minimum absolute atomic E-state index is 0.290. The Kier molecular flexibility index (Phi) is 10.2. The Bertz CT molecular complexity index is 1180. The number of nitrogens with zero attached hydrogens (tertiary/aromatic N) is 5. The SMILES string of the molecule is CCCCCC(CCC)C(=O)[N@+]([O-])(Cc1ccc(-c2ccccc2-c2nn[nH]n2)nc1)C(C(=O)O)C(C)C. The van der Waals surface area contributed by atoms with Crippen LogP contribution in [0.2, 0.25) is 0 Å². The number of carbonyl (C=O) groups excluding carboxylic acids is 1. The molecule has 0 aliphatic rings. The highest BCUT2D eigenvalue weighted by Crippen LogP contribution is 2.32. The molecular formula is C28H38N6O4. The largest absolute Gasteiger partial charge is 0.624 e. The van der Waals surface area contributed by atoms with Crippen LogP contribution >= 0.6 is 0 Å². The van der Waals surface area contributed by atoms with E-state index >= 15 is 0 Å². The highest BCUT2D eigenvalue weighted by molar-refractivity contribution is 5.80. The summed E-state index contributed by atoms with van der Waals surface area (Å²) in [6, 6.07) is 9.57. The van der Waals surface area contributed by atoms with Crippen LogP contribution in [0.5, 0.6) is 0 Å². The first-order valence-corrected chi connectivity index (χ1v) is 13.4. The van der Waals surface area contributed by atoms with Gasteiger partial charge in [-0.05, 0) is 30.2 Å². The zero-order valence-electron chi connectivity index (χ0n) is 22.6. The molecule has 0 fully saturated rings. The fourth-order valence-corrected chi connectivity index (χ4v) is 5.07. The van der Waals surface area contributed by atoms with Gasteiger partial charge in [-0.1, -0.05) is 77.6 Å². The molecule has 0 bridgehead atoms. The lowest BCUT2D eigenvalue weighted by molar-refractivity contribution is -0.841. The van der Waals surface area contributed by atoms with Gasteiger partial charge in [-0.3, -0.25) is 9.63 Å². The number of unbranched alkanes of at least 4 members (excludes halogenated alkanes) is 2. The summed E-state index contributed by atoms with van der Waals surface area (Å²) in [5.74, 6) is -2.38. The van der Waals surface area contributed by atoms with Crippen molar-refractivity contribution in [2.24, 2.45) is 11.8 Å². The van der Waals surface area contributed by atoms with Crippen LogP contribution in [0, 0.1) is 17.0 Å². The molecule has 1 aromatic carbocycles. The van der Waals surface area contributed by atoms with Crippen LogP contribution in [-0.4, -0.2) is 53.3 Å².